The Bertz CT molecular complexity index is 980. The molecule has 0 saturated heterocycles. The second-order valence-electron chi connectivity index (χ2n) is 5.80. The highest BCUT2D eigenvalue weighted by molar-refractivity contribution is 7.88. The minimum absolute atomic E-state index is 0.186. The highest BCUT2D eigenvalue weighted by Crippen LogP contribution is 2.20. The smallest absolute Gasteiger partial charge is 0.222 e. The van der Waals surface area contributed by atoms with Crippen LogP contribution in [0.25, 0.3) is 11.3 Å². The Morgan fingerprint density at radius 3 is 2.35 bits per heavy atom. The van der Waals surface area contributed by atoms with Crippen LogP contribution in [0.2, 0.25) is 5.28 Å². The van der Waals surface area contributed by atoms with Gasteiger partial charge < -0.3 is 0 Å². The second kappa shape index (κ2) is 7.90. The normalized spacial score (nSPS) is 11.7. The minimum Gasteiger partial charge on any atom is -0.264 e. The Labute approximate surface area is 157 Å². The molecule has 0 aliphatic rings. The lowest BCUT2D eigenvalue weighted by Gasteiger charge is -2.20. The summed E-state index contributed by atoms with van der Waals surface area (Å²) in [6.45, 7) is 0.550. The molecule has 2 aromatic heterocycles. The van der Waals surface area contributed by atoms with E-state index in [4.69, 9.17) is 11.6 Å². The molecule has 2 heterocycles. The number of sulfonamides is 1. The fourth-order valence-corrected chi connectivity index (χ4v) is 3.38. The van der Waals surface area contributed by atoms with Gasteiger partial charge in [-0.05, 0) is 34.9 Å². The fraction of sp³-hybridized carbons (Fsp3) is 0.167. The fourth-order valence-electron chi connectivity index (χ4n) is 2.47. The molecule has 0 N–H and O–H groups in total. The van der Waals surface area contributed by atoms with Crippen molar-refractivity contribution in [2.45, 2.75) is 13.1 Å². The molecule has 0 amide bonds. The van der Waals surface area contributed by atoms with Crippen LogP contribution in [0.5, 0.6) is 0 Å². The molecular formula is C18H17ClN4O2S. The van der Waals surface area contributed by atoms with Gasteiger partial charge in [-0.2, -0.15) is 4.31 Å². The van der Waals surface area contributed by atoms with Crippen molar-refractivity contribution in [1.82, 2.24) is 19.3 Å². The highest BCUT2D eigenvalue weighted by atomic mass is 35.5. The van der Waals surface area contributed by atoms with E-state index in [0.29, 0.717) is 5.69 Å². The molecule has 8 heteroatoms. The van der Waals surface area contributed by atoms with Crippen LogP contribution in [0.1, 0.15) is 11.1 Å². The molecule has 0 spiro atoms. The van der Waals surface area contributed by atoms with E-state index in [2.05, 4.69) is 15.0 Å². The number of hydrogen-bond acceptors (Lipinski definition) is 5. The van der Waals surface area contributed by atoms with Crippen LogP contribution in [0.3, 0.4) is 0 Å². The van der Waals surface area contributed by atoms with Gasteiger partial charge in [-0.15, -0.1) is 0 Å². The van der Waals surface area contributed by atoms with E-state index in [0.717, 1.165) is 16.7 Å². The molecule has 0 fully saturated rings. The van der Waals surface area contributed by atoms with Crippen LogP contribution in [0.4, 0.5) is 0 Å². The average molecular weight is 389 g/mol. The SMILES string of the molecule is CS(=O)(=O)N(Cc1ccc(-c2ccnc(Cl)n2)cc1)Cc1cccnc1. The number of benzene rings is 1. The number of aromatic nitrogens is 3. The van der Waals surface area contributed by atoms with E-state index in [1.807, 2.05) is 30.3 Å². The Kier molecular flexibility index (Phi) is 5.61. The zero-order chi connectivity index (χ0) is 18.6. The van der Waals surface area contributed by atoms with Crippen LogP contribution in [0.15, 0.2) is 61.1 Å². The van der Waals surface area contributed by atoms with Gasteiger partial charge in [0.05, 0.1) is 11.9 Å². The lowest BCUT2D eigenvalue weighted by molar-refractivity contribution is 0.404. The van der Waals surface area contributed by atoms with E-state index in [1.165, 1.54) is 10.6 Å². The molecule has 0 atom stereocenters. The van der Waals surface area contributed by atoms with Gasteiger partial charge in [0.1, 0.15) is 0 Å². The first kappa shape index (κ1) is 18.4. The Morgan fingerprint density at radius 2 is 1.73 bits per heavy atom. The van der Waals surface area contributed by atoms with Gasteiger partial charge in [0.25, 0.3) is 0 Å². The van der Waals surface area contributed by atoms with Crippen molar-refractivity contribution in [3.63, 3.8) is 0 Å². The minimum atomic E-state index is -3.36. The van der Waals surface area contributed by atoms with E-state index in [9.17, 15) is 8.42 Å². The van der Waals surface area contributed by atoms with Crippen molar-refractivity contribution in [2.24, 2.45) is 0 Å². The Morgan fingerprint density at radius 1 is 1.00 bits per heavy atom. The summed E-state index contributed by atoms with van der Waals surface area (Å²) in [4.78, 5) is 12.1. The summed E-state index contributed by atoms with van der Waals surface area (Å²) in [5.41, 5.74) is 3.32. The number of halogens is 1. The van der Waals surface area contributed by atoms with Crippen molar-refractivity contribution < 1.29 is 8.42 Å². The zero-order valence-electron chi connectivity index (χ0n) is 14.1. The quantitative estimate of drug-likeness (QED) is 0.606. The summed E-state index contributed by atoms with van der Waals surface area (Å²) in [7, 11) is -3.36. The average Bonchev–Trinajstić information content (AvgIpc) is 2.62. The molecule has 0 radical (unpaired) electrons. The van der Waals surface area contributed by atoms with Gasteiger partial charge in [-0.25, -0.2) is 18.4 Å². The topological polar surface area (TPSA) is 76.1 Å². The standard InChI is InChI=1S/C18H17ClN4O2S/c1-26(24,25)23(13-15-3-2-9-20-11-15)12-14-4-6-16(7-5-14)17-8-10-21-18(19)22-17/h2-11H,12-13H2,1H3. The molecule has 134 valence electrons. The van der Waals surface area contributed by atoms with Gasteiger partial charge in [0.15, 0.2) is 0 Å². The van der Waals surface area contributed by atoms with E-state index >= 15 is 0 Å². The lowest BCUT2D eigenvalue weighted by atomic mass is 10.1. The lowest BCUT2D eigenvalue weighted by Crippen LogP contribution is -2.29. The maximum absolute atomic E-state index is 12.1. The summed E-state index contributed by atoms with van der Waals surface area (Å²) in [6.07, 6.45) is 6.13. The van der Waals surface area contributed by atoms with E-state index in [-0.39, 0.29) is 18.4 Å². The number of pyridine rings is 1. The predicted molar refractivity (Wildman–Crippen MR) is 101 cm³/mol. The van der Waals surface area contributed by atoms with Gasteiger partial charge in [0, 0.05) is 37.2 Å². The molecule has 0 aliphatic carbocycles. The molecular weight excluding hydrogens is 372 g/mol. The summed E-state index contributed by atoms with van der Waals surface area (Å²) < 4.78 is 25.7. The van der Waals surface area contributed by atoms with Crippen molar-refractivity contribution in [3.8, 4) is 11.3 Å². The van der Waals surface area contributed by atoms with Gasteiger partial charge in [0.2, 0.25) is 15.3 Å². The third-order valence-corrected chi connectivity index (χ3v) is 5.16. The number of rotatable bonds is 6. The summed E-state index contributed by atoms with van der Waals surface area (Å²) >= 11 is 5.82. The van der Waals surface area contributed by atoms with Gasteiger partial charge in [-0.1, -0.05) is 30.3 Å². The van der Waals surface area contributed by atoms with Gasteiger partial charge in [-0.3, -0.25) is 4.98 Å². The molecule has 0 unspecified atom stereocenters. The summed E-state index contributed by atoms with van der Waals surface area (Å²) in [6, 6.07) is 13.0. The maximum atomic E-state index is 12.1. The summed E-state index contributed by atoms with van der Waals surface area (Å²) in [5.74, 6) is 0. The van der Waals surface area contributed by atoms with Crippen LogP contribution in [0, 0.1) is 0 Å². The monoisotopic (exact) mass is 388 g/mol. The second-order valence-corrected chi connectivity index (χ2v) is 8.12. The van der Waals surface area contributed by atoms with E-state index in [1.54, 1.807) is 30.7 Å². The highest BCUT2D eigenvalue weighted by Gasteiger charge is 2.17. The largest absolute Gasteiger partial charge is 0.264 e. The molecule has 6 nitrogen and oxygen atoms in total. The third-order valence-electron chi connectivity index (χ3n) is 3.79. The molecule has 3 rings (SSSR count). The van der Waals surface area contributed by atoms with Crippen LogP contribution < -0.4 is 0 Å². The molecule has 26 heavy (non-hydrogen) atoms. The van der Waals surface area contributed by atoms with Crippen molar-refractivity contribution in [2.75, 3.05) is 6.26 Å². The molecule has 0 bridgehead atoms. The number of hydrogen-bond donors (Lipinski definition) is 0. The summed E-state index contributed by atoms with van der Waals surface area (Å²) in [5, 5.41) is 0.186. The first-order valence-corrected chi connectivity index (χ1v) is 10.1. The zero-order valence-corrected chi connectivity index (χ0v) is 15.7. The molecule has 3 aromatic rings. The third kappa shape index (κ3) is 4.85. The van der Waals surface area contributed by atoms with Gasteiger partial charge >= 0.3 is 0 Å². The van der Waals surface area contributed by atoms with Crippen LogP contribution in [-0.2, 0) is 23.1 Å². The molecule has 0 saturated carbocycles. The Balaban J connectivity index is 1.79. The maximum Gasteiger partial charge on any atom is 0.222 e. The number of nitrogens with zero attached hydrogens (tertiary/aromatic N) is 4. The first-order chi connectivity index (χ1) is 12.4. The molecule has 1 aromatic carbocycles. The molecule has 0 aliphatic heterocycles. The van der Waals surface area contributed by atoms with Crippen LogP contribution in [-0.4, -0.2) is 33.9 Å². The predicted octanol–water partition coefficient (Wildman–Crippen LogP) is 3.15. The Hall–Kier alpha value is -2.35. The van der Waals surface area contributed by atoms with Crippen molar-refractivity contribution in [1.29, 1.82) is 0 Å². The first-order valence-electron chi connectivity index (χ1n) is 7.84. The van der Waals surface area contributed by atoms with Crippen LogP contribution >= 0.6 is 11.6 Å². The van der Waals surface area contributed by atoms with Crippen molar-refractivity contribution in [3.05, 3.63) is 77.5 Å². The van der Waals surface area contributed by atoms with Crippen molar-refractivity contribution >= 4 is 21.6 Å². The van der Waals surface area contributed by atoms with E-state index < -0.39 is 10.0 Å².